The van der Waals surface area contributed by atoms with Gasteiger partial charge in [0.1, 0.15) is 6.04 Å². The summed E-state index contributed by atoms with van der Waals surface area (Å²) < 4.78 is 27.4. The highest BCUT2D eigenvalue weighted by atomic mass is 32.2. The van der Waals surface area contributed by atoms with Gasteiger partial charge in [-0.25, -0.2) is 18.4 Å². The lowest BCUT2D eigenvalue weighted by Crippen LogP contribution is -2.28. The minimum Gasteiger partial charge on any atom is -0.467 e. The van der Waals surface area contributed by atoms with E-state index in [9.17, 15) is 13.2 Å². The zero-order valence-corrected chi connectivity index (χ0v) is 11.7. The van der Waals surface area contributed by atoms with Crippen LogP contribution in [-0.4, -0.2) is 27.5 Å². The van der Waals surface area contributed by atoms with Crippen LogP contribution in [0.5, 0.6) is 0 Å². The molecule has 0 bridgehead atoms. The Kier molecular flexibility index (Phi) is 4.38. The summed E-state index contributed by atoms with van der Waals surface area (Å²) in [6.07, 6.45) is 0. The molecular formula is C11H17N3O4S. The number of hydrogen-bond acceptors (Lipinski definition) is 6. The molecule has 5 N–H and O–H groups in total. The number of sulfonamides is 1. The molecule has 1 rings (SSSR count). The van der Waals surface area contributed by atoms with E-state index in [4.69, 9.17) is 10.9 Å². The van der Waals surface area contributed by atoms with E-state index in [1.54, 1.807) is 13.8 Å². The molecule has 0 aliphatic carbocycles. The lowest BCUT2D eigenvalue weighted by atomic mass is 10.1. The van der Waals surface area contributed by atoms with Crippen LogP contribution in [0.4, 0.5) is 11.4 Å². The van der Waals surface area contributed by atoms with Gasteiger partial charge >= 0.3 is 5.97 Å². The second kappa shape index (κ2) is 5.45. The van der Waals surface area contributed by atoms with Crippen molar-refractivity contribution in [3.63, 3.8) is 0 Å². The number of carbonyl (C=O) groups excluding carboxylic acids is 1. The molecule has 1 aromatic carbocycles. The minimum absolute atomic E-state index is 0.0768. The second-order valence-electron chi connectivity index (χ2n) is 4.13. The Morgan fingerprint density at radius 3 is 2.47 bits per heavy atom. The van der Waals surface area contributed by atoms with Gasteiger partial charge in [0, 0.05) is 11.4 Å². The van der Waals surface area contributed by atoms with Crippen LogP contribution < -0.4 is 16.2 Å². The maximum atomic E-state index is 11.4. The van der Waals surface area contributed by atoms with Gasteiger partial charge in [-0.3, -0.25) is 0 Å². The number of nitrogen functional groups attached to an aromatic ring is 1. The van der Waals surface area contributed by atoms with Gasteiger partial charge in [-0.15, -0.1) is 0 Å². The number of anilines is 2. The predicted octanol–water partition coefficient (Wildman–Crippen LogP) is 0.198. The zero-order valence-electron chi connectivity index (χ0n) is 10.9. The summed E-state index contributed by atoms with van der Waals surface area (Å²) >= 11 is 0. The number of ether oxygens (including phenoxy) is 1. The van der Waals surface area contributed by atoms with Crippen molar-refractivity contribution in [1.82, 2.24) is 0 Å². The second-order valence-corrected chi connectivity index (χ2v) is 5.66. The smallest absolute Gasteiger partial charge is 0.327 e. The van der Waals surface area contributed by atoms with Crippen molar-refractivity contribution in [2.45, 2.75) is 24.8 Å². The van der Waals surface area contributed by atoms with Crippen LogP contribution in [0.2, 0.25) is 0 Å². The summed E-state index contributed by atoms with van der Waals surface area (Å²) in [5.41, 5.74) is 6.68. The van der Waals surface area contributed by atoms with E-state index < -0.39 is 22.0 Å². The highest BCUT2D eigenvalue weighted by molar-refractivity contribution is 7.89. The molecule has 0 aliphatic heterocycles. The third kappa shape index (κ3) is 3.58. The molecule has 0 saturated carbocycles. The van der Waals surface area contributed by atoms with Crippen molar-refractivity contribution in [2.75, 3.05) is 18.2 Å². The van der Waals surface area contributed by atoms with Gasteiger partial charge in [0.2, 0.25) is 10.0 Å². The van der Waals surface area contributed by atoms with Gasteiger partial charge < -0.3 is 15.8 Å². The molecule has 0 amide bonds. The summed E-state index contributed by atoms with van der Waals surface area (Å²) in [4.78, 5) is 11.3. The fraction of sp³-hybridized carbons (Fsp3) is 0.364. The maximum Gasteiger partial charge on any atom is 0.327 e. The average Bonchev–Trinajstić information content (AvgIpc) is 2.30. The third-order valence-electron chi connectivity index (χ3n) is 2.62. The number of carbonyl (C=O) groups is 1. The van der Waals surface area contributed by atoms with Gasteiger partial charge in [0.05, 0.1) is 12.0 Å². The number of esters is 1. The van der Waals surface area contributed by atoms with Gasteiger partial charge in [0.15, 0.2) is 0 Å². The molecule has 7 nitrogen and oxygen atoms in total. The fourth-order valence-electron chi connectivity index (χ4n) is 1.62. The molecule has 1 atom stereocenters. The van der Waals surface area contributed by atoms with E-state index in [2.05, 4.69) is 10.1 Å². The van der Waals surface area contributed by atoms with Crippen LogP contribution >= 0.6 is 0 Å². The maximum absolute atomic E-state index is 11.4. The molecule has 0 radical (unpaired) electrons. The molecular weight excluding hydrogens is 270 g/mol. The molecule has 0 spiro atoms. The van der Waals surface area contributed by atoms with E-state index in [0.29, 0.717) is 11.3 Å². The molecule has 8 heteroatoms. The first kappa shape index (κ1) is 15.3. The summed E-state index contributed by atoms with van der Waals surface area (Å²) in [6.45, 7) is 3.16. The molecule has 0 saturated heterocycles. The third-order valence-corrected chi connectivity index (χ3v) is 3.65. The first-order valence-corrected chi connectivity index (χ1v) is 6.98. The lowest BCUT2D eigenvalue weighted by Gasteiger charge is -2.17. The molecule has 0 aromatic heterocycles. The quantitative estimate of drug-likeness (QED) is 0.536. The average molecular weight is 287 g/mol. The fourth-order valence-corrected chi connectivity index (χ4v) is 2.46. The van der Waals surface area contributed by atoms with Crippen molar-refractivity contribution < 1.29 is 17.9 Å². The number of nitrogens with two attached hydrogens (primary N) is 2. The van der Waals surface area contributed by atoms with E-state index in [0.717, 1.165) is 0 Å². The lowest BCUT2D eigenvalue weighted by molar-refractivity contribution is -0.141. The summed E-state index contributed by atoms with van der Waals surface area (Å²) in [5.74, 6) is -0.473. The summed E-state index contributed by atoms with van der Waals surface area (Å²) in [5, 5.41) is 7.95. The Labute approximate surface area is 112 Å². The number of primary sulfonamides is 1. The predicted molar refractivity (Wildman–Crippen MR) is 72.1 cm³/mol. The van der Waals surface area contributed by atoms with Crippen molar-refractivity contribution in [1.29, 1.82) is 0 Å². The first-order valence-electron chi connectivity index (χ1n) is 5.44. The summed E-state index contributed by atoms with van der Waals surface area (Å²) in [7, 11) is -2.61. The SMILES string of the molecule is COC(=O)C(C)Nc1cc(N)cc(S(N)(=O)=O)c1C. The van der Waals surface area contributed by atoms with Crippen molar-refractivity contribution >= 4 is 27.4 Å². The van der Waals surface area contributed by atoms with Crippen molar-refractivity contribution in [3.8, 4) is 0 Å². The minimum atomic E-state index is -3.88. The van der Waals surface area contributed by atoms with Gasteiger partial charge in [-0.1, -0.05) is 0 Å². The van der Waals surface area contributed by atoms with Crippen LogP contribution in [0.15, 0.2) is 17.0 Å². The molecule has 0 aliphatic rings. The summed E-state index contributed by atoms with van der Waals surface area (Å²) in [6, 6.07) is 2.17. The Morgan fingerprint density at radius 2 is 2.00 bits per heavy atom. The Hall–Kier alpha value is -1.80. The Bertz CT molecular complexity index is 598. The van der Waals surface area contributed by atoms with E-state index in [1.807, 2.05) is 0 Å². The van der Waals surface area contributed by atoms with Crippen LogP contribution in [0.3, 0.4) is 0 Å². The standard InChI is InChI=1S/C11H17N3O4S/c1-6-9(14-7(2)11(15)18-3)4-8(12)5-10(6)19(13,16)17/h4-5,7,14H,12H2,1-3H3,(H2,13,16,17). The monoisotopic (exact) mass is 287 g/mol. The van der Waals surface area contributed by atoms with Crippen LogP contribution in [0.1, 0.15) is 12.5 Å². The van der Waals surface area contributed by atoms with Gasteiger partial charge in [-0.05, 0) is 31.5 Å². The number of rotatable bonds is 4. The highest BCUT2D eigenvalue weighted by Gasteiger charge is 2.19. The van der Waals surface area contributed by atoms with E-state index in [1.165, 1.54) is 19.2 Å². The molecule has 1 aromatic rings. The number of benzene rings is 1. The Morgan fingerprint density at radius 1 is 1.42 bits per heavy atom. The van der Waals surface area contributed by atoms with Gasteiger partial charge in [0.25, 0.3) is 0 Å². The molecule has 0 fully saturated rings. The number of methoxy groups -OCH3 is 1. The van der Waals surface area contributed by atoms with Crippen molar-refractivity contribution in [3.05, 3.63) is 17.7 Å². The van der Waals surface area contributed by atoms with Gasteiger partial charge in [-0.2, -0.15) is 0 Å². The molecule has 0 heterocycles. The first-order chi connectivity index (χ1) is 8.66. The van der Waals surface area contributed by atoms with Crippen LogP contribution in [0.25, 0.3) is 0 Å². The molecule has 1 unspecified atom stereocenters. The Balaban J connectivity index is 3.23. The zero-order chi connectivity index (χ0) is 14.8. The number of nitrogens with one attached hydrogen (secondary N) is 1. The van der Waals surface area contributed by atoms with E-state index in [-0.39, 0.29) is 10.6 Å². The number of hydrogen-bond donors (Lipinski definition) is 3. The molecule has 19 heavy (non-hydrogen) atoms. The largest absolute Gasteiger partial charge is 0.467 e. The van der Waals surface area contributed by atoms with Crippen molar-refractivity contribution in [2.24, 2.45) is 5.14 Å². The highest BCUT2D eigenvalue weighted by Crippen LogP contribution is 2.26. The normalized spacial score (nSPS) is 12.8. The van der Waals surface area contributed by atoms with Crippen LogP contribution in [-0.2, 0) is 19.6 Å². The molecule has 106 valence electrons. The van der Waals surface area contributed by atoms with Crippen LogP contribution in [0, 0.1) is 6.92 Å². The topological polar surface area (TPSA) is 125 Å². The van der Waals surface area contributed by atoms with E-state index >= 15 is 0 Å².